The Kier molecular flexibility index (Phi) is 10.5. The van der Waals surface area contributed by atoms with E-state index in [1.54, 1.807) is 28.4 Å². The molecule has 6 heteroatoms. The van der Waals surface area contributed by atoms with Crippen LogP contribution >= 0.6 is 0 Å². The zero-order valence-electron chi connectivity index (χ0n) is 21.8. The van der Waals surface area contributed by atoms with E-state index in [1.807, 2.05) is 30.3 Å². The number of hydrogen-bond acceptors (Lipinski definition) is 6. The highest BCUT2D eigenvalue weighted by atomic mass is 16.5. The molecule has 0 heterocycles. The van der Waals surface area contributed by atoms with Gasteiger partial charge < -0.3 is 23.8 Å². The third-order valence-electron chi connectivity index (χ3n) is 6.74. The van der Waals surface area contributed by atoms with Gasteiger partial charge in [0.1, 0.15) is 0 Å². The maximum atomic E-state index is 10.3. The van der Waals surface area contributed by atoms with Gasteiger partial charge in [-0.1, -0.05) is 32.9 Å². The molecule has 0 aliphatic heterocycles. The molecule has 0 aliphatic carbocycles. The minimum atomic E-state index is -0.581. The minimum absolute atomic E-state index is 0.164. The quantitative estimate of drug-likeness (QED) is 0.366. The smallest absolute Gasteiger partial charge is 0.161 e. The van der Waals surface area contributed by atoms with Crippen LogP contribution in [0.2, 0.25) is 0 Å². The van der Waals surface area contributed by atoms with Crippen molar-refractivity contribution >= 4 is 0 Å². The molecule has 0 aromatic heterocycles. The van der Waals surface area contributed by atoms with Gasteiger partial charge in [-0.05, 0) is 73.7 Å². The third kappa shape index (κ3) is 6.36. The second-order valence-electron chi connectivity index (χ2n) is 8.78. The summed E-state index contributed by atoms with van der Waals surface area (Å²) < 4.78 is 21.7. The zero-order chi connectivity index (χ0) is 25.1. The molecule has 0 spiro atoms. The van der Waals surface area contributed by atoms with Crippen LogP contribution in [-0.2, 0) is 11.8 Å². The Bertz CT molecular complexity index is 954. The van der Waals surface area contributed by atoms with E-state index < -0.39 is 5.41 Å². The average molecular weight is 469 g/mol. The van der Waals surface area contributed by atoms with Crippen molar-refractivity contribution in [2.45, 2.75) is 45.4 Å². The van der Waals surface area contributed by atoms with Gasteiger partial charge in [0.15, 0.2) is 23.0 Å². The molecule has 0 fully saturated rings. The summed E-state index contributed by atoms with van der Waals surface area (Å²) in [6.07, 6.45) is 2.64. The topological polar surface area (TPSA) is 64.0 Å². The number of methoxy groups -OCH3 is 4. The van der Waals surface area contributed by atoms with E-state index in [-0.39, 0.29) is 5.92 Å². The molecular weight excluding hydrogens is 428 g/mol. The number of rotatable bonds is 14. The van der Waals surface area contributed by atoms with Crippen molar-refractivity contribution in [2.24, 2.45) is 5.92 Å². The van der Waals surface area contributed by atoms with Gasteiger partial charge in [0.05, 0.1) is 39.9 Å². The number of ether oxygens (including phenoxy) is 4. The Labute approximate surface area is 205 Å². The van der Waals surface area contributed by atoms with Gasteiger partial charge in [0, 0.05) is 6.54 Å². The van der Waals surface area contributed by atoms with E-state index in [2.05, 4.69) is 37.8 Å². The van der Waals surface area contributed by atoms with E-state index in [4.69, 9.17) is 18.9 Å². The molecule has 0 bridgehead atoms. The van der Waals surface area contributed by atoms with Crippen LogP contribution in [0.4, 0.5) is 0 Å². The van der Waals surface area contributed by atoms with Crippen molar-refractivity contribution in [2.75, 3.05) is 48.1 Å². The second kappa shape index (κ2) is 13.1. The van der Waals surface area contributed by atoms with Gasteiger partial charge in [-0.2, -0.15) is 5.26 Å². The molecule has 1 unspecified atom stereocenters. The van der Waals surface area contributed by atoms with Gasteiger partial charge >= 0.3 is 0 Å². The fourth-order valence-electron chi connectivity index (χ4n) is 4.46. The number of nitrogens with zero attached hydrogens (tertiary/aromatic N) is 2. The molecule has 1 atom stereocenters. The number of nitriles is 1. The van der Waals surface area contributed by atoms with E-state index >= 15 is 0 Å². The van der Waals surface area contributed by atoms with Crippen molar-refractivity contribution in [3.63, 3.8) is 0 Å². The Hall–Kier alpha value is -2.91. The normalized spacial score (nSPS) is 12.8. The molecule has 2 aromatic rings. The van der Waals surface area contributed by atoms with Crippen LogP contribution < -0.4 is 18.9 Å². The summed E-state index contributed by atoms with van der Waals surface area (Å²) in [5, 5.41) is 10.3. The van der Waals surface area contributed by atoms with Gasteiger partial charge in [0.2, 0.25) is 0 Å². The predicted molar refractivity (Wildman–Crippen MR) is 136 cm³/mol. The Morgan fingerprint density at radius 1 is 0.853 bits per heavy atom. The maximum Gasteiger partial charge on any atom is 0.161 e. The van der Waals surface area contributed by atoms with Crippen LogP contribution in [0.15, 0.2) is 36.4 Å². The molecule has 34 heavy (non-hydrogen) atoms. The molecule has 0 N–H and O–H groups in total. The maximum absolute atomic E-state index is 10.3. The SMILES string of the molecule is CCN(CCCC(C#N)(c1ccc(OC)c(OC)c1)C(C)C)CCc1ccc(OC)c(OC)c1. The zero-order valence-corrected chi connectivity index (χ0v) is 21.8. The largest absolute Gasteiger partial charge is 0.493 e. The highest BCUT2D eigenvalue weighted by molar-refractivity contribution is 5.47. The summed E-state index contributed by atoms with van der Waals surface area (Å²) in [5.74, 6) is 3.00. The summed E-state index contributed by atoms with van der Waals surface area (Å²) in [4.78, 5) is 2.44. The van der Waals surface area contributed by atoms with E-state index in [1.165, 1.54) is 5.56 Å². The van der Waals surface area contributed by atoms with Crippen molar-refractivity contribution in [3.8, 4) is 29.1 Å². The molecule has 0 aliphatic rings. The Morgan fingerprint density at radius 2 is 1.44 bits per heavy atom. The van der Waals surface area contributed by atoms with Crippen molar-refractivity contribution < 1.29 is 18.9 Å². The van der Waals surface area contributed by atoms with E-state index in [0.29, 0.717) is 11.5 Å². The fraction of sp³-hybridized carbons (Fsp3) is 0.536. The lowest BCUT2D eigenvalue weighted by molar-refractivity contribution is 0.263. The van der Waals surface area contributed by atoms with E-state index in [9.17, 15) is 5.26 Å². The summed E-state index contributed by atoms with van der Waals surface area (Å²) in [6, 6.07) is 14.6. The molecule has 6 nitrogen and oxygen atoms in total. The van der Waals surface area contributed by atoms with Gasteiger partial charge in [-0.25, -0.2) is 0 Å². The fourth-order valence-corrected chi connectivity index (χ4v) is 4.46. The summed E-state index contributed by atoms with van der Waals surface area (Å²) in [6.45, 7) is 9.27. The van der Waals surface area contributed by atoms with Crippen LogP contribution in [0.3, 0.4) is 0 Å². The van der Waals surface area contributed by atoms with Crippen molar-refractivity contribution in [1.29, 1.82) is 5.26 Å². The first-order valence-electron chi connectivity index (χ1n) is 12.0. The molecule has 0 amide bonds. The van der Waals surface area contributed by atoms with Crippen LogP contribution in [0.25, 0.3) is 0 Å². The second-order valence-corrected chi connectivity index (χ2v) is 8.78. The Balaban J connectivity index is 2.07. The van der Waals surface area contributed by atoms with Crippen molar-refractivity contribution in [1.82, 2.24) is 4.90 Å². The van der Waals surface area contributed by atoms with Gasteiger partial charge in [0.25, 0.3) is 0 Å². The number of likely N-dealkylation sites (N-methyl/N-ethyl adjacent to an activating group) is 1. The van der Waals surface area contributed by atoms with Crippen LogP contribution in [0.1, 0.15) is 44.7 Å². The van der Waals surface area contributed by atoms with E-state index in [0.717, 1.165) is 56.0 Å². The lowest BCUT2D eigenvalue weighted by Gasteiger charge is -2.33. The first-order chi connectivity index (χ1) is 16.4. The predicted octanol–water partition coefficient (Wildman–Crippen LogP) is 5.48. The van der Waals surface area contributed by atoms with Gasteiger partial charge in [-0.15, -0.1) is 0 Å². The molecular formula is C28H40N2O4. The third-order valence-corrected chi connectivity index (χ3v) is 6.74. The van der Waals surface area contributed by atoms with Crippen LogP contribution in [0, 0.1) is 17.2 Å². The molecule has 186 valence electrons. The average Bonchev–Trinajstić information content (AvgIpc) is 2.87. The molecule has 2 rings (SSSR count). The standard InChI is InChI=1S/C28H40N2O4/c1-8-30(17-14-22-10-12-24(31-4)26(18-22)33-6)16-9-15-28(20-29,21(2)3)23-11-13-25(32-5)27(19-23)34-7/h10-13,18-19,21H,8-9,14-17H2,1-7H3. The summed E-state index contributed by atoms with van der Waals surface area (Å²) in [7, 11) is 6.56. The molecule has 0 saturated carbocycles. The number of benzene rings is 2. The molecule has 0 radical (unpaired) electrons. The molecule has 2 aromatic carbocycles. The first kappa shape index (κ1) is 27.3. The monoisotopic (exact) mass is 468 g/mol. The lowest BCUT2D eigenvalue weighted by Crippen LogP contribution is -2.33. The number of hydrogen-bond donors (Lipinski definition) is 0. The summed E-state index contributed by atoms with van der Waals surface area (Å²) >= 11 is 0. The van der Waals surface area contributed by atoms with Gasteiger partial charge in [-0.3, -0.25) is 0 Å². The van der Waals surface area contributed by atoms with Crippen LogP contribution in [0.5, 0.6) is 23.0 Å². The first-order valence-corrected chi connectivity index (χ1v) is 12.0. The Morgan fingerprint density at radius 3 is 1.97 bits per heavy atom. The van der Waals surface area contributed by atoms with Crippen LogP contribution in [-0.4, -0.2) is 53.0 Å². The summed E-state index contributed by atoms with van der Waals surface area (Å²) in [5.41, 5.74) is 1.62. The highest BCUT2D eigenvalue weighted by Crippen LogP contribution is 2.40. The highest BCUT2D eigenvalue weighted by Gasteiger charge is 2.36. The lowest BCUT2D eigenvalue weighted by atomic mass is 9.69. The molecule has 0 saturated heterocycles. The van der Waals surface area contributed by atoms with Crippen molar-refractivity contribution in [3.05, 3.63) is 47.5 Å². The minimum Gasteiger partial charge on any atom is -0.493 e.